The second-order valence-electron chi connectivity index (χ2n) is 4.53. The average molecular weight is 215 g/mol. The molecule has 0 spiro atoms. The second kappa shape index (κ2) is 7.58. The molecule has 1 aliphatic heterocycles. The van der Waals surface area contributed by atoms with Crippen LogP contribution in [0.1, 0.15) is 45.4 Å². The largest absolute Gasteiger partial charge is 0.303 e. The Bertz CT molecular complexity index is 132. The van der Waals surface area contributed by atoms with Gasteiger partial charge in [-0.15, -0.1) is 0 Å². The maximum atomic E-state index is 4.36. The first-order valence-corrected chi connectivity index (χ1v) is 6.83. The van der Waals surface area contributed by atoms with E-state index in [1.54, 1.807) is 0 Å². The van der Waals surface area contributed by atoms with Gasteiger partial charge in [-0.25, -0.2) is 0 Å². The summed E-state index contributed by atoms with van der Waals surface area (Å²) < 4.78 is 0. The number of unbranched alkanes of at least 4 members (excludes halogenated alkanes) is 1. The molecule has 0 aromatic rings. The molecule has 0 aromatic heterocycles. The van der Waals surface area contributed by atoms with Crippen molar-refractivity contribution >= 4 is 12.6 Å². The van der Waals surface area contributed by atoms with E-state index in [1.165, 1.54) is 58.2 Å². The lowest BCUT2D eigenvalue weighted by Gasteiger charge is -2.22. The Morgan fingerprint density at radius 1 is 1.21 bits per heavy atom. The highest BCUT2D eigenvalue weighted by Crippen LogP contribution is 2.18. The summed E-state index contributed by atoms with van der Waals surface area (Å²) in [6, 6.07) is 0. The van der Waals surface area contributed by atoms with E-state index in [9.17, 15) is 0 Å². The number of thiol groups is 1. The van der Waals surface area contributed by atoms with Crippen molar-refractivity contribution in [2.75, 3.05) is 25.4 Å². The van der Waals surface area contributed by atoms with Gasteiger partial charge in [0.25, 0.3) is 0 Å². The predicted octanol–water partition coefficient (Wildman–Crippen LogP) is 3.21. The molecule has 0 radical (unpaired) electrons. The molecule has 0 bridgehead atoms. The number of hydrogen-bond donors (Lipinski definition) is 1. The van der Waals surface area contributed by atoms with Crippen LogP contribution in [-0.4, -0.2) is 30.3 Å². The fraction of sp³-hybridized carbons (Fsp3) is 1.00. The molecular weight excluding hydrogens is 190 g/mol. The van der Waals surface area contributed by atoms with Crippen molar-refractivity contribution in [3.63, 3.8) is 0 Å². The van der Waals surface area contributed by atoms with Crippen molar-refractivity contribution in [1.29, 1.82) is 0 Å². The summed E-state index contributed by atoms with van der Waals surface area (Å²) in [5.74, 6) is 1.97. The Balaban J connectivity index is 2.18. The zero-order chi connectivity index (χ0) is 10.2. The third-order valence-electron chi connectivity index (χ3n) is 3.22. The molecule has 0 aromatic carbocycles. The van der Waals surface area contributed by atoms with E-state index in [0.717, 1.165) is 11.7 Å². The highest BCUT2D eigenvalue weighted by molar-refractivity contribution is 7.80. The first kappa shape index (κ1) is 12.4. The lowest BCUT2D eigenvalue weighted by molar-refractivity contribution is 0.262. The molecule has 2 heteroatoms. The topological polar surface area (TPSA) is 3.24 Å². The monoisotopic (exact) mass is 215 g/mol. The van der Waals surface area contributed by atoms with Crippen LogP contribution in [0.4, 0.5) is 0 Å². The van der Waals surface area contributed by atoms with Crippen molar-refractivity contribution in [2.45, 2.75) is 45.4 Å². The summed E-state index contributed by atoms with van der Waals surface area (Å²) in [5.41, 5.74) is 0. The van der Waals surface area contributed by atoms with E-state index in [1.807, 2.05) is 0 Å². The van der Waals surface area contributed by atoms with Gasteiger partial charge in [0.15, 0.2) is 0 Å². The molecule has 0 amide bonds. The summed E-state index contributed by atoms with van der Waals surface area (Å²) >= 11 is 4.36. The normalized spacial score (nSPS) is 20.1. The summed E-state index contributed by atoms with van der Waals surface area (Å²) in [6.45, 7) is 6.30. The zero-order valence-corrected chi connectivity index (χ0v) is 10.4. The number of rotatable bonds is 7. The van der Waals surface area contributed by atoms with Gasteiger partial charge in [0.1, 0.15) is 0 Å². The van der Waals surface area contributed by atoms with Gasteiger partial charge in [0, 0.05) is 6.54 Å². The SMILES string of the molecule is CCCCC(CCS)CN1CCCC1. The van der Waals surface area contributed by atoms with E-state index in [-0.39, 0.29) is 0 Å². The number of likely N-dealkylation sites (tertiary alicyclic amines) is 1. The standard InChI is InChI=1S/C12H25NS/c1-2-3-6-12(7-10-14)11-13-8-4-5-9-13/h12,14H,2-11H2,1H3. The lowest BCUT2D eigenvalue weighted by atomic mass is 9.99. The van der Waals surface area contributed by atoms with Gasteiger partial charge in [-0.1, -0.05) is 19.8 Å². The molecule has 1 unspecified atom stereocenters. The zero-order valence-electron chi connectivity index (χ0n) is 9.54. The van der Waals surface area contributed by atoms with E-state index in [4.69, 9.17) is 0 Å². The first-order valence-electron chi connectivity index (χ1n) is 6.20. The van der Waals surface area contributed by atoms with Crippen LogP contribution < -0.4 is 0 Å². The van der Waals surface area contributed by atoms with Crippen LogP contribution in [0, 0.1) is 5.92 Å². The summed E-state index contributed by atoms with van der Waals surface area (Å²) in [6.07, 6.45) is 8.28. The molecule has 1 saturated heterocycles. The first-order chi connectivity index (χ1) is 6.86. The van der Waals surface area contributed by atoms with Crippen LogP contribution in [0.3, 0.4) is 0 Å². The van der Waals surface area contributed by atoms with Crippen LogP contribution in [0.2, 0.25) is 0 Å². The molecule has 1 rings (SSSR count). The van der Waals surface area contributed by atoms with Crippen LogP contribution in [-0.2, 0) is 0 Å². The maximum absolute atomic E-state index is 4.36. The maximum Gasteiger partial charge on any atom is 0.000995 e. The van der Waals surface area contributed by atoms with Gasteiger partial charge in [-0.2, -0.15) is 12.6 Å². The number of hydrogen-bond acceptors (Lipinski definition) is 2. The van der Waals surface area contributed by atoms with Crippen LogP contribution in [0.5, 0.6) is 0 Å². The molecule has 1 nitrogen and oxygen atoms in total. The predicted molar refractivity (Wildman–Crippen MR) is 67.2 cm³/mol. The highest BCUT2D eigenvalue weighted by atomic mass is 32.1. The molecular formula is C12H25NS. The Labute approximate surface area is 94.7 Å². The summed E-state index contributed by atoms with van der Waals surface area (Å²) in [5, 5.41) is 0. The van der Waals surface area contributed by atoms with Crippen molar-refractivity contribution in [3.05, 3.63) is 0 Å². The van der Waals surface area contributed by atoms with Crippen LogP contribution >= 0.6 is 12.6 Å². The van der Waals surface area contributed by atoms with Gasteiger partial charge in [-0.3, -0.25) is 0 Å². The van der Waals surface area contributed by atoms with E-state index < -0.39 is 0 Å². The molecule has 1 fully saturated rings. The third kappa shape index (κ3) is 4.70. The molecule has 0 saturated carbocycles. The van der Waals surface area contributed by atoms with Crippen molar-refractivity contribution < 1.29 is 0 Å². The Hall–Kier alpha value is 0.310. The molecule has 1 aliphatic rings. The highest BCUT2D eigenvalue weighted by Gasteiger charge is 2.16. The summed E-state index contributed by atoms with van der Waals surface area (Å²) in [4.78, 5) is 2.64. The fourth-order valence-corrected chi connectivity index (χ4v) is 2.70. The van der Waals surface area contributed by atoms with Crippen molar-refractivity contribution in [1.82, 2.24) is 4.90 Å². The van der Waals surface area contributed by atoms with E-state index >= 15 is 0 Å². The molecule has 84 valence electrons. The van der Waals surface area contributed by atoms with Gasteiger partial charge >= 0.3 is 0 Å². The molecule has 1 atom stereocenters. The van der Waals surface area contributed by atoms with Crippen molar-refractivity contribution in [2.24, 2.45) is 5.92 Å². The average Bonchev–Trinajstić information content (AvgIpc) is 2.67. The Morgan fingerprint density at radius 2 is 1.93 bits per heavy atom. The van der Waals surface area contributed by atoms with Gasteiger partial charge in [0.05, 0.1) is 0 Å². The van der Waals surface area contributed by atoms with E-state index in [2.05, 4.69) is 24.5 Å². The lowest BCUT2D eigenvalue weighted by Crippen LogP contribution is -2.27. The van der Waals surface area contributed by atoms with Gasteiger partial charge < -0.3 is 4.90 Å². The van der Waals surface area contributed by atoms with Crippen LogP contribution in [0.15, 0.2) is 0 Å². The number of nitrogens with zero attached hydrogens (tertiary/aromatic N) is 1. The quantitative estimate of drug-likeness (QED) is 0.638. The Kier molecular flexibility index (Phi) is 6.70. The minimum atomic E-state index is 0.908. The van der Waals surface area contributed by atoms with Crippen molar-refractivity contribution in [3.8, 4) is 0 Å². The molecule has 1 heterocycles. The van der Waals surface area contributed by atoms with Gasteiger partial charge in [0.2, 0.25) is 0 Å². The minimum Gasteiger partial charge on any atom is -0.303 e. The Morgan fingerprint density at radius 3 is 2.50 bits per heavy atom. The molecule has 0 aliphatic carbocycles. The molecule has 0 N–H and O–H groups in total. The fourth-order valence-electron chi connectivity index (χ4n) is 2.33. The van der Waals surface area contributed by atoms with Crippen LogP contribution in [0.25, 0.3) is 0 Å². The smallest absolute Gasteiger partial charge is 0.000995 e. The van der Waals surface area contributed by atoms with E-state index in [0.29, 0.717) is 0 Å². The minimum absolute atomic E-state index is 0.908. The second-order valence-corrected chi connectivity index (χ2v) is 4.98. The summed E-state index contributed by atoms with van der Waals surface area (Å²) in [7, 11) is 0. The molecule has 14 heavy (non-hydrogen) atoms. The third-order valence-corrected chi connectivity index (χ3v) is 3.48. The van der Waals surface area contributed by atoms with Gasteiger partial charge in [-0.05, 0) is 50.4 Å².